The van der Waals surface area contributed by atoms with Gasteiger partial charge in [0.05, 0.1) is 21.3 Å². The van der Waals surface area contributed by atoms with Gasteiger partial charge in [-0.3, -0.25) is 0 Å². The van der Waals surface area contributed by atoms with Crippen molar-refractivity contribution in [3.8, 4) is 34.2 Å². The summed E-state index contributed by atoms with van der Waals surface area (Å²) in [6, 6.07) is 11.2. The fourth-order valence-corrected chi connectivity index (χ4v) is 3.56. The molecule has 4 rings (SSSR count). The molecule has 2 aromatic carbocycles. The van der Waals surface area contributed by atoms with E-state index in [2.05, 4.69) is 5.32 Å². The molecule has 27 heavy (non-hydrogen) atoms. The molecule has 0 amide bonds. The van der Waals surface area contributed by atoms with Crippen molar-refractivity contribution in [1.82, 2.24) is 9.78 Å². The van der Waals surface area contributed by atoms with Crippen LogP contribution >= 0.6 is 11.6 Å². The number of halogens is 1. The predicted octanol–water partition coefficient (Wildman–Crippen LogP) is 4.19. The number of nitrogens with zero attached hydrogens (tertiary/aromatic N) is 2. The van der Waals surface area contributed by atoms with Crippen molar-refractivity contribution < 1.29 is 14.2 Å². The molecule has 3 aromatic rings. The maximum atomic E-state index is 6.23. The van der Waals surface area contributed by atoms with Gasteiger partial charge >= 0.3 is 0 Å². The van der Waals surface area contributed by atoms with Gasteiger partial charge < -0.3 is 19.5 Å². The second kappa shape index (κ2) is 7.04. The number of methoxy groups -OCH3 is 3. The van der Waals surface area contributed by atoms with Crippen molar-refractivity contribution >= 4 is 17.4 Å². The van der Waals surface area contributed by atoms with Gasteiger partial charge in [-0.2, -0.15) is 5.10 Å². The summed E-state index contributed by atoms with van der Waals surface area (Å²) in [5.41, 5.74) is 3.65. The molecule has 7 heteroatoms. The van der Waals surface area contributed by atoms with E-state index in [0.717, 1.165) is 52.8 Å². The fourth-order valence-electron chi connectivity index (χ4n) is 3.39. The Hall–Kier alpha value is -2.86. The first-order valence-corrected chi connectivity index (χ1v) is 8.96. The van der Waals surface area contributed by atoms with Crippen molar-refractivity contribution in [3.63, 3.8) is 0 Å². The topological polar surface area (TPSA) is 57.5 Å². The van der Waals surface area contributed by atoms with Crippen molar-refractivity contribution in [2.75, 3.05) is 33.2 Å². The lowest BCUT2D eigenvalue weighted by Gasteiger charge is -2.12. The number of aromatic nitrogens is 2. The Balaban J connectivity index is 1.94. The van der Waals surface area contributed by atoms with Crippen LogP contribution in [-0.4, -0.2) is 37.7 Å². The summed E-state index contributed by atoms with van der Waals surface area (Å²) >= 11 is 6.23. The summed E-state index contributed by atoms with van der Waals surface area (Å²) in [7, 11) is 4.93. The summed E-state index contributed by atoms with van der Waals surface area (Å²) in [4.78, 5) is 0. The third-order valence-corrected chi connectivity index (χ3v) is 4.92. The SMILES string of the molecule is COc1ccc(OC)c(-c2nn(-c3cc(Cl)ccc3OC)c3c2CCN3)c1. The van der Waals surface area contributed by atoms with Crippen LogP contribution in [0.5, 0.6) is 17.2 Å². The van der Waals surface area contributed by atoms with Crippen LogP contribution < -0.4 is 19.5 Å². The molecular formula is C20H20ClN3O3. The molecule has 0 fully saturated rings. The van der Waals surface area contributed by atoms with Gasteiger partial charge in [0.1, 0.15) is 34.4 Å². The van der Waals surface area contributed by atoms with Gasteiger partial charge in [-0.15, -0.1) is 0 Å². The molecule has 1 aromatic heterocycles. The van der Waals surface area contributed by atoms with Crippen LogP contribution in [-0.2, 0) is 6.42 Å². The van der Waals surface area contributed by atoms with E-state index in [9.17, 15) is 0 Å². The van der Waals surface area contributed by atoms with Gasteiger partial charge in [-0.05, 0) is 42.8 Å². The average Bonchev–Trinajstić information content (AvgIpc) is 3.30. The number of hydrogen-bond donors (Lipinski definition) is 1. The van der Waals surface area contributed by atoms with Crippen LogP contribution in [0.4, 0.5) is 5.82 Å². The van der Waals surface area contributed by atoms with E-state index in [-0.39, 0.29) is 0 Å². The molecule has 0 radical (unpaired) electrons. The molecule has 0 atom stereocenters. The second-order valence-electron chi connectivity index (χ2n) is 6.15. The number of hydrogen-bond acceptors (Lipinski definition) is 5. The lowest BCUT2D eigenvalue weighted by molar-refractivity contribution is 0.404. The minimum atomic E-state index is 0.619. The zero-order valence-electron chi connectivity index (χ0n) is 15.4. The highest BCUT2D eigenvalue weighted by molar-refractivity contribution is 6.30. The van der Waals surface area contributed by atoms with Gasteiger partial charge in [0.15, 0.2) is 0 Å². The summed E-state index contributed by atoms with van der Waals surface area (Å²) < 4.78 is 18.3. The maximum absolute atomic E-state index is 6.23. The monoisotopic (exact) mass is 385 g/mol. The number of benzene rings is 2. The first-order chi connectivity index (χ1) is 13.2. The van der Waals surface area contributed by atoms with Crippen molar-refractivity contribution in [3.05, 3.63) is 47.0 Å². The Labute approximate surface area is 162 Å². The molecule has 0 unspecified atom stereocenters. The highest BCUT2D eigenvalue weighted by Crippen LogP contribution is 2.41. The van der Waals surface area contributed by atoms with E-state index in [1.54, 1.807) is 27.4 Å². The van der Waals surface area contributed by atoms with Gasteiger partial charge in [0.25, 0.3) is 0 Å². The highest BCUT2D eigenvalue weighted by atomic mass is 35.5. The van der Waals surface area contributed by atoms with Crippen LogP contribution in [0.3, 0.4) is 0 Å². The van der Waals surface area contributed by atoms with Gasteiger partial charge in [0, 0.05) is 22.7 Å². The molecule has 0 saturated heterocycles. The van der Waals surface area contributed by atoms with E-state index >= 15 is 0 Å². The fraction of sp³-hybridized carbons (Fsp3) is 0.250. The van der Waals surface area contributed by atoms with Gasteiger partial charge in [-0.25, -0.2) is 4.68 Å². The van der Waals surface area contributed by atoms with Crippen LogP contribution in [0.2, 0.25) is 5.02 Å². The summed E-state index contributed by atoms with van der Waals surface area (Å²) in [5.74, 6) is 3.13. The normalized spacial score (nSPS) is 12.4. The van der Waals surface area contributed by atoms with E-state index in [1.165, 1.54) is 0 Å². The third kappa shape index (κ3) is 2.96. The lowest BCUT2D eigenvalue weighted by Crippen LogP contribution is -2.06. The molecule has 0 aliphatic carbocycles. The first kappa shape index (κ1) is 17.5. The number of ether oxygens (including phenoxy) is 3. The predicted molar refractivity (Wildman–Crippen MR) is 106 cm³/mol. The van der Waals surface area contributed by atoms with E-state index in [0.29, 0.717) is 10.8 Å². The van der Waals surface area contributed by atoms with Crippen molar-refractivity contribution in [1.29, 1.82) is 0 Å². The minimum Gasteiger partial charge on any atom is -0.497 e. The Morgan fingerprint density at radius 1 is 1.00 bits per heavy atom. The number of anilines is 1. The Bertz CT molecular complexity index is 1000. The zero-order chi connectivity index (χ0) is 19.0. The molecule has 1 aliphatic heterocycles. The lowest BCUT2D eigenvalue weighted by atomic mass is 10.1. The molecule has 1 N–H and O–H groups in total. The highest BCUT2D eigenvalue weighted by Gasteiger charge is 2.27. The molecule has 2 heterocycles. The Morgan fingerprint density at radius 2 is 1.78 bits per heavy atom. The minimum absolute atomic E-state index is 0.619. The first-order valence-electron chi connectivity index (χ1n) is 8.58. The molecule has 1 aliphatic rings. The molecule has 0 bridgehead atoms. The standard InChI is InChI=1S/C20H20ClN3O3/c1-25-13-5-7-17(26-2)15(11-13)19-14-8-9-22-20(14)24(23-19)16-10-12(21)4-6-18(16)27-3/h4-7,10-11,22H,8-9H2,1-3H3. The molecular weight excluding hydrogens is 366 g/mol. The Kier molecular flexibility index (Phi) is 4.58. The van der Waals surface area contributed by atoms with Crippen molar-refractivity contribution in [2.24, 2.45) is 0 Å². The number of rotatable bonds is 5. The van der Waals surface area contributed by atoms with Crippen molar-refractivity contribution in [2.45, 2.75) is 6.42 Å². The summed E-state index contributed by atoms with van der Waals surface area (Å²) in [6.07, 6.45) is 0.869. The summed E-state index contributed by atoms with van der Waals surface area (Å²) in [5, 5.41) is 8.93. The number of fused-ring (bicyclic) bond motifs is 1. The van der Waals surface area contributed by atoms with Crippen LogP contribution in [0.25, 0.3) is 16.9 Å². The molecule has 0 saturated carbocycles. The molecule has 0 spiro atoms. The van der Waals surface area contributed by atoms with E-state index < -0.39 is 0 Å². The van der Waals surface area contributed by atoms with Crippen LogP contribution in [0, 0.1) is 0 Å². The smallest absolute Gasteiger partial charge is 0.144 e. The largest absolute Gasteiger partial charge is 0.497 e. The number of nitrogens with one attached hydrogen (secondary N) is 1. The quantitative estimate of drug-likeness (QED) is 0.713. The van der Waals surface area contributed by atoms with Gasteiger partial charge in [0.2, 0.25) is 0 Å². The third-order valence-electron chi connectivity index (χ3n) is 4.68. The zero-order valence-corrected chi connectivity index (χ0v) is 16.1. The average molecular weight is 386 g/mol. The second-order valence-corrected chi connectivity index (χ2v) is 6.58. The van der Waals surface area contributed by atoms with Gasteiger partial charge in [-0.1, -0.05) is 11.6 Å². The van der Waals surface area contributed by atoms with Crippen LogP contribution in [0.15, 0.2) is 36.4 Å². The molecule has 6 nitrogen and oxygen atoms in total. The van der Waals surface area contributed by atoms with E-state index in [1.807, 2.05) is 35.0 Å². The Morgan fingerprint density at radius 3 is 2.52 bits per heavy atom. The van der Waals surface area contributed by atoms with Crippen LogP contribution in [0.1, 0.15) is 5.56 Å². The molecule has 140 valence electrons. The maximum Gasteiger partial charge on any atom is 0.144 e. The van der Waals surface area contributed by atoms with E-state index in [4.69, 9.17) is 30.9 Å². The summed E-state index contributed by atoms with van der Waals surface area (Å²) in [6.45, 7) is 0.843.